The molecule has 0 spiro atoms. The van der Waals surface area contributed by atoms with Crippen LogP contribution in [0.3, 0.4) is 0 Å². The predicted octanol–water partition coefficient (Wildman–Crippen LogP) is 1.51. The van der Waals surface area contributed by atoms with Gasteiger partial charge in [-0.15, -0.1) is 11.3 Å². The summed E-state index contributed by atoms with van der Waals surface area (Å²) in [6.45, 7) is 0.722. The van der Waals surface area contributed by atoms with Crippen molar-refractivity contribution < 1.29 is 0 Å². The molecule has 0 amide bonds. The lowest BCUT2D eigenvalue weighted by Crippen LogP contribution is -1.99. The summed E-state index contributed by atoms with van der Waals surface area (Å²) in [6, 6.07) is 5.97. The van der Waals surface area contributed by atoms with Crippen molar-refractivity contribution in [3.63, 3.8) is 0 Å². The van der Waals surface area contributed by atoms with Gasteiger partial charge in [0.15, 0.2) is 0 Å². The minimum Gasteiger partial charge on any atom is -0.330 e. The Hall–Kier alpha value is -0.850. The molecule has 1 heterocycles. The molecule has 0 saturated heterocycles. The SMILES string of the molecule is N#Cc1ccc(CCCN)s1. The van der Waals surface area contributed by atoms with Crippen LogP contribution >= 0.6 is 11.3 Å². The van der Waals surface area contributed by atoms with Gasteiger partial charge in [0, 0.05) is 4.88 Å². The molecule has 1 aromatic heterocycles. The molecule has 0 saturated carbocycles. The van der Waals surface area contributed by atoms with Crippen molar-refractivity contribution >= 4 is 11.3 Å². The lowest BCUT2D eigenvalue weighted by Gasteiger charge is -1.90. The molecule has 0 radical (unpaired) electrons. The first kappa shape index (κ1) is 8.25. The molecule has 3 heteroatoms. The van der Waals surface area contributed by atoms with Crippen molar-refractivity contribution in [1.29, 1.82) is 5.26 Å². The molecule has 2 nitrogen and oxygen atoms in total. The van der Waals surface area contributed by atoms with Crippen molar-refractivity contribution in [1.82, 2.24) is 0 Å². The third-order valence-corrected chi connectivity index (χ3v) is 2.45. The number of nitrogens with two attached hydrogens (primary N) is 1. The second-order valence-electron chi connectivity index (χ2n) is 2.27. The van der Waals surface area contributed by atoms with Gasteiger partial charge in [0.1, 0.15) is 10.9 Å². The molecular weight excluding hydrogens is 156 g/mol. The third kappa shape index (κ3) is 2.34. The molecule has 1 aromatic rings. The largest absolute Gasteiger partial charge is 0.330 e. The Kier molecular flexibility index (Phi) is 3.09. The summed E-state index contributed by atoms with van der Waals surface area (Å²) in [7, 11) is 0. The van der Waals surface area contributed by atoms with E-state index in [0.717, 1.165) is 24.3 Å². The zero-order chi connectivity index (χ0) is 8.10. The van der Waals surface area contributed by atoms with Gasteiger partial charge >= 0.3 is 0 Å². The predicted molar refractivity (Wildman–Crippen MR) is 46.4 cm³/mol. The summed E-state index contributed by atoms with van der Waals surface area (Å²) >= 11 is 1.56. The monoisotopic (exact) mass is 166 g/mol. The Morgan fingerprint density at radius 3 is 2.91 bits per heavy atom. The van der Waals surface area contributed by atoms with Crippen molar-refractivity contribution in [2.45, 2.75) is 12.8 Å². The highest BCUT2D eigenvalue weighted by atomic mass is 32.1. The first-order chi connectivity index (χ1) is 5.36. The van der Waals surface area contributed by atoms with Gasteiger partial charge in [0.05, 0.1) is 0 Å². The molecule has 0 aliphatic heterocycles. The maximum absolute atomic E-state index is 8.51. The Balaban J connectivity index is 2.53. The van der Waals surface area contributed by atoms with Crippen LogP contribution in [0.5, 0.6) is 0 Å². The fourth-order valence-electron chi connectivity index (χ4n) is 0.849. The fraction of sp³-hybridized carbons (Fsp3) is 0.375. The molecule has 1 rings (SSSR count). The van der Waals surface area contributed by atoms with E-state index in [1.807, 2.05) is 12.1 Å². The molecule has 0 aliphatic rings. The van der Waals surface area contributed by atoms with Crippen LogP contribution in [0, 0.1) is 11.3 Å². The molecule has 0 aliphatic carbocycles. The molecule has 0 aromatic carbocycles. The van der Waals surface area contributed by atoms with E-state index in [4.69, 9.17) is 11.0 Å². The summed E-state index contributed by atoms with van der Waals surface area (Å²) in [4.78, 5) is 2.05. The van der Waals surface area contributed by atoms with Crippen LogP contribution < -0.4 is 5.73 Å². The van der Waals surface area contributed by atoms with Crippen LogP contribution in [0.25, 0.3) is 0 Å². The second-order valence-corrected chi connectivity index (χ2v) is 3.44. The van der Waals surface area contributed by atoms with E-state index in [-0.39, 0.29) is 0 Å². The number of thiophene rings is 1. The summed E-state index contributed by atoms with van der Waals surface area (Å²) in [6.07, 6.45) is 2.01. The molecular formula is C8H10N2S. The highest BCUT2D eigenvalue weighted by molar-refractivity contribution is 7.12. The van der Waals surface area contributed by atoms with Gasteiger partial charge in [-0.1, -0.05) is 0 Å². The molecule has 11 heavy (non-hydrogen) atoms. The maximum atomic E-state index is 8.51. The highest BCUT2D eigenvalue weighted by Gasteiger charge is 1.97. The van der Waals surface area contributed by atoms with Gasteiger partial charge < -0.3 is 5.73 Å². The topological polar surface area (TPSA) is 49.8 Å². The van der Waals surface area contributed by atoms with Gasteiger partial charge in [-0.25, -0.2) is 0 Å². The number of nitrogens with zero attached hydrogens (tertiary/aromatic N) is 1. The van der Waals surface area contributed by atoms with Gasteiger partial charge in [0.2, 0.25) is 0 Å². The normalized spacial score (nSPS) is 9.45. The number of rotatable bonds is 3. The van der Waals surface area contributed by atoms with E-state index in [0.29, 0.717) is 0 Å². The minimum absolute atomic E-state index is 0.722. The average molecular weight is 166 g/mol. The van der Waals surface area contributed by atoms with Crippen molar-refractivity contribution in [2.75, 3.05) is 6.54 Å². The summed E-state index contributed by atoms with van der Waals surface area (Å²) in [5.74, 6) is 0. The minimum atomic E-state index is 0.722. The summed E-state index contributed by atoms with van der Waals surface area (Å²) < 4.78 is 0. The van der Waals surface area contributed by atoms with E-state index >= 15 is 0 Å². The fourth-order valence-corrected chi connectivity index (χ4v) is 1.70. The smallest absolute Gasteiger partial charge is 0.110 e. The summed E-state index contributed by atoms with van der Waals surface area (Å²) in [5.41, 5.74) is 5.36. The molecule has 0 fully saturated rings. The first-order valence-electron chi connectivity index (χ1n) is 3.55. The van der Waals surface area contributed by atoms with Crippen LogP contribution in [0.1, 0.15) is 16.2 Å². The number of aryl methyl sites for hydroxylation is 1. The van der Waals surface area contributed by atoms with Crippen LogP contribution in [-0.2, 0) is 6.42 Å². The van der Waals surface area contributed by atoms with Crippen LogP contribution in [0.15, 0.2) is 12.1 Å². The van der Waals surface area contributed by atoms with E-state index in [2.05, 4.69) is 6.07 Å². The Bertz CT molecular complexity index is 259. The van der Waals surface area contributed by atoms with E-state index in [1.165, 1.54) is 4.88 Å². The zero-order valence-electron chi connectivity index (χ0n) is 6.21. The third-order valence-electron chi connectivity index (χ3n) is 1.40. The highest BCUT2D eigenvalue weighted by Crippen LogP contribution is 2.16. The van der Waals surface area contributed by atoms with E-state index in [9.17, 15) is 0 Å². The zero-order valence-corrected chi connectivity index (χ0v) is 7.03. The standard InChI is InChI=1S/C8H10N2S/c9-5-1-2-7-3-4-8(6-10)11-7/h3-4H,1-2,5,9H2. The van der Waals surface area contributed by atoms with Crippen molar-refractivity contribution in [2.24, 2.45) is 5.73 Å². The van der Waals surface area contributed by atoms with Crippen LogP contribution in [-0.4, -0.2) is 6.54 Å². The average Bonchev–Trinajstić information content (AvgIpc) is 2.48. The van der Waals surface area contributed by atoms with E-state index < -0.39 is 0 Å². The summed E-state index contributed by atoms with van der Waals surface area (Å²) in [5, 5.41) is 8.51. The first-order valence-corrected chi connectivity index (χ1v) is 4.37. The Morgan fingerprint density at radius 1 is 1.55 bits per heavy atom. The molecule has 0 unspecified atom stereocenters. The second kappa shape index (κ2) is 4.12. The number of hydrogen-bond donors (Lipinski definition) is 1. The lowest BCUT2D eigenvalue weighted by molar-refractivity contribution is 0.843. The number of nitriles is 1. The van der Waals surface area contributed by atoms with Crippen LogP contribution in [0.2, 0.25) is 0 Å². The van der Waals surface area contributed by atoms with Gasteiger partial charge in [-0.3, -0.25) is 0 Å². The quantitative estimate of drug-likeness (QED) is 0.740. The maximum Gasteiger partial charge on any atom is 0.110 e. The van der Waals surface area contributed by atoms with Crippen molar-refractivity contribution in [3.05, 3.63) is 21.9 Å². The van der Waals surface area contributed by atoms with Crippen LogP contribution in [0.4, 0.5) is 0 Å². The molecule has 2 N–H and O–H groups in total. The number of hydrogen-bond acceptors (Lipinski definition) is 3. The Morgan fingerprint density at radius 2 is 2.36 bits per heavy atom. The van der Waals surface area contributed by atoms with Gasteiger partial charge in [-0.05, 0) is 31.5 Å². The van der Waals surface area contributed by atoms with Gasteiger partial charge in [0.25, 0.3) is 0 Å². The van der Waals surface area contributed by atoms with E-state index in [1.54, 1.807) is 11.3 Å². The molecule has 58 valence electrons. The molecule has 0 atom stereocenters. The molecule has 0 bridgehead atoms. The Labute approximate surface area is 70.3 Å². The van der Waals surface area contributed by atoms with Crippen molar-refractivity contribution in [3.8, 4) is 6.07 Å². The van der Waals surface area contributed by atoms with Gasteiger partial charge in [-0.2, -0.15) is 5.26 Å². The lowest BCUT2D eigenvalue weighted by atomic mass is 10.3.